The van der Waals surface area contributed by atoms with Crippen molar-refractivity contribution in [2.45, 2.75) is 44.6 Å². The molecule has 1 aliphatic heterocycles. The Labute approximate surface area is 206 Å². The number of aryl methyl sites for hydroxylation is 2. The fourth-order valence-corrected chi connectivity index (χ4v) is 5.58. The van der Waals surface area contributed by atoms with Crippen molar-refractivity contribution in [2.75, 3.05) is 16.8 Å². The lowest BCUT2D eigenvalue weighted by Crippen LogP contribution is -2.45. The summed E-state index contributed by atoms with van der Waals surface area (Å²) in [7, 11) is -4.01. The number of carbonyl (C=O) groups excluding carboxylic acids is 2. The van der Waals surface area contributed by atoms with Gasteiger partial charge < -0.3 is 10.2 Å². The highest BCUT2D eigenvalue weighted by molar-refractivity contribution is 7.89. The number of fused-ring (bicyclic) bond motifs is 1. The lowest BCUT2D eigenvalue weighted by atomic mass is 10.1. The SMILES string of the molecule is CC(=O)N1CCc2cc(S(=O)(=O)N[C@H](Cc3ccccc3)C(=O)Nc3ccc(C)cc3C)ccc21. The second-order valence-electron chi connectivity index (χ2n) is 8.88. The smallest absolute Gasteiger partial charge is 0.242 e. The van der Waals surface area contributed by atoms with Crippen LogP contribution in [0.25, 0.3) is 0 Å². The molecule has 0 aliphatic carbocycles. The van der Waals surface area contributed by atoms with E-state index in [4.69, 9.17) is 0 Å². The maximum Gasteiger partial charge on any atom is 0.242 e. The summed E-state index contributed by atoms with van der Waals surface area (Å²) in [6, 6.07) is 18.7. The van der Waals surface area contributed by atoms with Crippen molar-refractivity contribution in [3.05, 3.63) is 89.0 Å². The summed E-state index contributed by atoms with van der Waals surface area (Å²) < 4.78 is 29.3. The first-order valence-corrected chi connectivity index (χ1v) is 13.0. The van der Waals surface area contributed by atoms with E-state index in [1.807, 2.05) is 62.4 Å². The first-order valence-electron chi connectivity index (χ1n) is 11.5. The van der Waals surface area contributed by atoms with Crippen LogP contribution in [0.15, 0.2) is 71.6 Å². The lowest BCUT2D eigenvalue weighted by molar-refractivity contribution is -0.118. The number of sulfonamides is 1. The normalized spacial score (nSPS) is 13.9. The van der Waals surface area contributed by atoms with E-state index in [9.17, 15) is 18.0 Å². The maximum atomic E-state index is 13.3. The molecule has 0 saturated heterocycles. The molecule has 2 N–H and O–H groups in total. The predicted octanol–water partition coefficient (Wildman–Crippen LogP) is 3.74. The van der Waals surface area contributed by atoms with Crippen molar-refractivity contribution in [2.24, 2.45) is 0 Å². The lowest BCUT2D eigenvalue weighted by Gasteiger charge is -2.20. The second-order valence-corrected chi connectivity index (χ2v) is 10.6. The molecule has 35 heavy (non-hydrogen) atoms. The Balaban J connectivity index is 1.61. The molecule has 0 aromatic heterocycles. The highest BCUT2D eigenvalue weighted by Crippen LogP contribution is 2.30. The van der Waals surface area contributed by atoms with Gasteiger partial charge in [0.1, 0.15) is 6.04 Å². The van der Waals surface area contributed by atoms with E-state index in [2.05, 4.69) is 10.0 Å². The third kappa shape index (κ3) is 5.61. The molecule has 1 atom stereocenters. The molecule has 2 amide bonds. The summed E-state index contributed by atoms with van der Waals surface area (Å²) in [6.45, 7) is 5.88. The molecule has 182 valence electrons. The topological polar surface area (TPSA) is 95.6 Å². The van der Waals surface area contributed by atoms with Gasteiger partial charge in [0.2, 0.25) is 21.8 Å². The predicted molar refractivity (Wildman–Crippen MR) is 137 cm³/mol. The molecule has 0 saturated carbocycles. The Morgan fingerprint density at radius 2 is 1.74 bits per heavy atom. The number of carbonyl (C=O) groups is 2. The van der Waals surface area contributed by atoms with Crippen molar-refractivity contribution in [3.63, 3.8) is 0 Å². The Morgan fingerprint density at radius 1 is 1.00 bits per heavy atom. The summed E-state index contributed by atoms with van der Waals surface area (Å²) in [4.78, 5) is 26.8. The number of nitrogens with one attached hydrogen (secondary N) is 2. The Hall–Kier alpha value is -3.49. The zero-order chi connectivity index (χ0) is 25.2. The number of nitrogens with zero attached hydrogens (tertiary/aromatic N) is 1. The largest absolute Gasteiger partial charge is 0.324 e. The number of amides is 2. The summed E-state index contributed by atoms with van der Waals surface area (Å²) in [5.41, 5.74) is 4.96. The molecule has 8 heteroatoms. The van der Waals surface area contributed by atoms with Gasteiger partial charge in [-0.05, 0) is 67.6 Å². The molecule has 0 unspecified atom stereocenters. The van der Waals surface area contributed by atoms with Gasteiger partial charge in [-0.2, -0.15) is 4.72 Å². The van der Waals surface area contributed by atoms with Crippen molar-refractivity contribution in [1.29, 1.82) is 0 Å². The molecular weight excluding hydrogens is 462 g/mol. The van der Waals surface area contributed by atoms with Crippen LogP contribution in [0.1, 0.15) is 29.2 Å². The fraction of sp³-hybridized carbons (Fsp3) is 0.259. The van der Waals surface area contributed by atoms with E-state index in [-0.39, 0.29) is 17.2 Å². The quantitative estimate of drug-likeness (QED) is 0.526. The molecule has 1 heterocycles. The van der Waals surface area contributed by atoms with Crippen LogP contribution in [0.5, 0.6) is 0 Å². The number of hydrogen-bond acceptors (Lipinski definition) is 4. The van der Waals surface area contributed by atoms with E-state index in [1.165, 1.54) is 13.0 Å². The Kier molecular flexibility index (Phi) is 7.05. The molecule has 7 nitrogen and oxygen atoms in total. The van der Waals surface area contributed by atoms with E-state index in [0.717, 1.165) is 27.9 Å². The summed E-state index contributed by atoms with van der Waals surface area (Å²) in [5.74, 6) is -0.517. The number of anilines is 2. The zero-order valence-electron chi connectivity index (χ0n) is 20.0. The van der Waals surface area contributed by atoms with E-state index in [1.54, 1.807) is 17.0 Å². The van der Waals surface area contributed by atoms with E-state index in [0.29, 0.717) is 18.7 Å². The first kappa shape index (κ1) is 24.6. The first-order chi connectivity index (χ1) is 16.6. The van der Waals surface area contributed by atoms with Gasteiger partial charge in [-0.1, -0.05) is 48.0 Å². The highest BCUT2D eigenvalue weighted by Gasteiger charge is 2.29. The second kappa shape index (κ2) is 10.0. The van der Waals surface area contributed by atoms with Gasteiger partial charge in [-0.3, -0.25) is 9.59 Å². The van der Waals surface area contributed by atoms with Crippen LogP contribution >= 0.6 is 0 Å². The zero-order valence-corrected chi connectivity index (χ0v) is 20.9. The van der Waals surface area contributed by atoms with Crippen molar-refractivity contribution < 1.29 is 18.0 Å². The third-order valence-corrected chi connectivity index (χ3v) is 7.64. The van der Waals surface area contributed by atoms with Crippen LogP contribution in [0.2, 0.25) is 0 Å². The molecule has 3 aromatic rings. The third-order valence-electron chi connectivity index (χ3n) is 6.17. The van der Waals surface area contributed by atoms with Crippen LogP contribution in [-0.2, 0) is 32.5 Å². The van der Waals surface area contributed by atoms with Crippen LogP contribution in [0, 0.1) is 13.8 Å². The monoisotopic (exact) mass is 491 g/mol. The van der Waals surface area contributed by atoms with Gasteiger partial charge >= 0.3 is 0 Å². The maximum absolute atomic E-state index is 13.3. The molecule has 4 rings (SSSR count). The van der Waals surface area contributed by atoms with E-state index >= 15 is 0 Å². The summed E-state index contributed by atoms with van der Waals surface area (Å²) >= 11 is 0. The average Bonchev–Trinajstić information content (AvgIpc) is 3.25. The van der Waals surface area contributed by atoms with Gasteiger partial charge in [0.05, 0.1) is 4.90 Å². The number of rotatable bonds is 7. The van der Waals surface area contributed by atoms with E-state index < -0.39 is 22.0 Å². The fourth-order valence-electron chi connectivity index (χ4n) is 4.34. The van der Waals surface area contributed by atoms with Gasteiger partial charge in [0.15, 0.2) is 0 Å². The number of hydrogen-bond donors (Lipinski definition) is 2. The minimum Gasteiger partial charge on any atom is -0.324 e. The molecule has 0 fully saturated rings. The minimum atomic E-state index is -4.01. The van der Waals surface area contributed by atoms with Gasteiger partial charge in [0, 0.05) is 24.8 Å². The Bertz CT molecular complexity index is 1370. The molecule has 1 aliphatic rings. The van der Waals surface area contributed by atoms with Gasteiger partial charge in [-0.15, -0.1) is 0 Å². The van der Waals surface area contributed by atoms with Crippen LogP contribution in [0.4, 0.5) is 11.4 Å². The summed E-state index contributed by atoms with van der Waals surface area (Å²) in [5, 5.41) is 2.88. The molecule has 0 radical (unpaired) electrons. The Morgan fingerprint density at radius 3 is 2.43 bits per heavy atom. The van der Waals surface area contributed by atoms with Crippen molar-refractivity contribution in [1.82, 2.24) is 4.72 Å². The standard InChI is InChI=1S/C27H29N3O4S/c1-18-9-11-24(19(2)15-18)28-27(32)25(16-21-7-5-4-6-8-21)29-35(33,34)23-10-12-26-22(17-23)13-14-30(26)20(3)31/h4-12,15,17,25,29H,13-14,16H2,1-3H3,(H,28,32)/t25-/m1/s1. The van der Waals surface area contributed by atoms with Crippen LogP contribution in [-0.4, -0.2) is 32.8 Å². The number of benzene rings is 3. The molecule has 3 aromatic carbocycles. The average molecular weight is 492 g/mol. The molecule has 0 spiro atoms. The molecule has 0 bridgehead atoms. The van der Waals surface area contributed by atoms with Crippen molar-refractivity contribution in [3.8, 4) is 0 Å². The molecular formula is C27H29N3O4S. The van der Waals surface area contributed by atoms with Crippen LogP contribution in [0.3, 0.4) is 0 Å². The highest BCUT2D eigenvalue weighted by atomic mass is 32.2. The van der Waals surface area contributed by atoms with Gasteiger partial charge in [0.25, 0.3) is 0 Å². The minimum absolute atomic E-state index is 0.0685. The van der Waals surface area contributed by atoms with Gasteiger partial charge in [-0.25, -0.2) is 8.42 Å². The van der Waals surface area contributed by atoms with Crippen molar-refractivity contribution >= 4 is 33.2 Å². The summed E-state index contributed by atoms with van der Waals surface area (Å²) in [6.07, 6.45) is 0.777. The van der Waals surface area contributed by atoms with Crippen LogP contribution < -0.4 is 14.9 Å².